The van der Waals surface area contributed by atoms with E-state index in [4.69, 9.17) is 4.98 Å². The average Bonchev–Trinajstić information content (AvgIpc) is 3.07. The van der Waals surface area contributed by atoms with E-state index in [0.29, 0.717) is 0 Å². The molecule has 0 bridgehead atoms. The van der Waals surface area contributed by atoms with Crippen molar-refractivity contribution in [3.8, 4) is 11.4 Å². The Hall–Kier alpha value is -3.07. The number of allylic oxidation sites excluding steroid dienone is 6. The van der Waals surface area contributed by atoms with E-state index in [-0.39, 0.29) is 0 Å². The van der Waals surface area contributed by atoms with Gasteiger partial charge in [-0.3, -0.25) is 9.98 Å². The molecule has 3 nitrogen and oxygen atoms in total. The Morgan fingerprint density at radius 1 is 1.00 bits per heavy atom. The number of aromatic nitrogens is 2. The van der Waals surface area contributed by atoms with Crippen LogP contribution in [0, 0.1) is 0 Å². The van der Waals surface area contributed by atoms with E-state index in [0.717, 1.165) is 41.2 Å². The van der Waals surface area contributed by atoms with Crippen LogP contribution in [0.15, 0.2) is 77.0 Å². The first-order valence-electron chi connectivity index (χ1n) is 8.52. The number of hydrogen-bond donors (Lipinski definition) is 0. The maximum atomic E-state index is 4.81. The van der Waals surface area contributed by atoms with Crippen LogP contribution in [0.4, 0.5) is 0 Å². The molecule has 1 aliphatic heterocycles. The third-order valence-electron chi connectivity index (χ3n) is 4.17. The minimum absolute atomic E-state index is 0.870. The minimum atomic E-state index is 0.870. The van der Waals surface area contributed by atoms with E-state index in [9.17, 15) is 0 Å². The monoisotopic (exact) mass is 325 g/mol. The van der Waals surface area contributed by atoms with Crippen LogP contribution in [0.25, 0.3) is 23.2 Å². The molecule has 0 atom stereocenters. The summed E-state index contributed by atoms with van der Waals surface area (Å²) in [5.74, 6) is 0. The first-order valence-corrected chi connectivity index (χ1v) is 8.52. The Bertz CT molecular complexity index is 944. The molecule has 0 N–H and O–H groups in total. The smallest absolute Gasteiger partial charge is 0.0900 e. The summed E-state index contributed by atoms with van der Waals surface area (Å²) in [7, 11) is 0. The molecule has 1 aliphatic carbocycles. The highest BCUT2D eigenvalue weighted by molar-refractivity contribution is 5.77. The molecule has 2 aromatic heterocycles. The quantitative estimate of drug-likeness (QED) is 0.773. The van der Waals surface area contributed by atoms with E-state index in [1.165, 1.54) is 11.1 Å². The van der Waals surface area contributed by atoms with Crippen LogP contribution in [-0.4, -0.2) is 16.2 Å². The highest BCUT2D eigenvalue weighted by Crippen LogP contribution is 2.26. The highest BCUT2D eigenvalue weighted by atomic mass is 14.8. The molecule has 2 aliphatic rings. The summed E-state index contributed by atoms with van der Waals surface area (Å²) in [4.78, 5) is 13.8. The molecule has 3 heteroatoms. The van der Waals surface area contributed by atoms with Gasteiger partial charge in [-0.05, 0) is 61.2 Å². The van der Waals surface area contributed by atoms with Crippen LogP contribution in [0.2, 0.25) is 0 Å². The van der Waals surface area contributed by atoms with Gasteiger partial charge in [-0.2, -0.15) is 0 Å². The second-order valence-corrected chi connectivity index (χ2v) is 6.23. The van der Waals surface area contributed by atoms with Crippen LogP contribution in [0.1, 0.15) is 31.0 Å². The summed E-state index contributed by atoms with van der Waals surface area (Å²) in [6.45, 7) is 2.11. The number of pyridine rings is 2. The third-order valence-corrected chi connectivity index (χ3v) is 4.17. The van der Waals surface area contributed by atoms with E-state index in [1.54, 1.807) is 6.20 Å². The Morgan fingerprint density at radius 3 is 2.64 bits per heavy atom. The second kappa shape index (κ2) is 6.81. The van der Waals surface area contributed by atoms with Crippen LogP contribution in [0.3, 0.4) is 0 Å². The Labute approximate surface area is 147 Å². The van der Waals surface area contributed by atoms with Crippen molar-refractivity contribution in [3.05, 3.63) is 83.2 Å². The number of rotatable bonds is 3. The van der Waals surface area contributed by atoms with Gasteiger partial charge in [0.15, 0.2) is 0 Å². The minimum Gasteiger partial charge on any atom is -0.259 e. The first-order chi connectivity index (χ1) is 12.3. The molecular weight excluding hydrogens is 306 g/mol. The molecule has 0 saturated carbocycles. The molecule has 0 fully saturated rings. The van der Waals surface area contributed by atoms with Gasteiger partial charge in [-0.25, -0.2) is 4.98 Å². The van der Waals surface area contributed by atoms with Crippen molar-refractivity contribution in [1.82, 2.24) is 9.97 Å². The van der Waals surface area contributed by atoms with Gasteiger partial charge in [-0.1, -0.05) is 35.9 Å². The van der Waals surface area contributed by atoms with Gasteiger partial charge in [0, 0.05) is 12.4 Å². The lowest BCUT2D eigenvalue weighted by molar-refractivity contribution is 1.08. The van der Waals surface area contributed by atoms with Gasteiger partial charge in [0.2, 0.25) is 0 Å². The van der Waals surface area contributed by atoms with Crippen molar-refractivity contribution < 1.29 is 0 Å². The second-order valence-electron chi connectivity index (χ2n) is 6.23. The van der Waals surface area contributed by atoms with E-state index in [1.807, 2.05) is 24.4 Å². The summed E-state index contributed by atoms with van der Waals surface area (Å²) < 4.78 is 0. The zero-order valence-corrected chi connectivity index (χ0v) is 14.2. The molecule has 0 saturated heterocycles. The SMILES string of the molecule is CC1=C/C(=C\c2cc(C3=CCCC=N3)nc(-c3ccccn3)c2)C=C1. The fourth-order valence-electron chi connectivity index (χ4n) is 2.96. The van der Waals surface area contributed by atoms with Crippen molar-refractivity contribution >= 4 is 18.0 Å². The molecule has 25 heavy (non-hydrogen) atoms. The van der Waals surface area contributed by atoms with Crippen molar-refractivity contribution in [2.45, 2.75) is 19.8 Å². The van der Waals surface area contributed by atoms with E-state index >= 15 is 0 Å². The summed E-state index contributed by atoms with van der Waals surface area (Å²) >= 11 is 0. The fraction of sp³-hybridized carbons (Fsp3) is 0.136. The van der Waals surface area contributed by atoms with Crippen LogP contribution in [0.5, 0.6) is 0 Å². The molecular formula is C22H19N3. The lowest BCUT2D eigenvalue weighted by Crippen LogP contribution is -1.97. The predicted octanol–water partition coefficient (Wildman–Crippen LogP) is 5.25. The Kier molecular flexibility index (Phi) is 4.21. The molecule has 4 rings (SSSR count). The number of aliphatic imine (C=N–C) groups is 1. The Morgan fingerprint density at radius 2 is 1.92 bits per heavy atom. The molecule has 122 valence electrons. The molecule has 0 radical (unpaired) electrons. The first kappa shape index (κ1) is 15.5. The summed E-state index contributed by atoms with van der Waals surface area (Å²) in [6.07, 6.45) is 16.5. The van der Waals surface area contributed by atoms with E-state index in [2.05, 4.69) is 59.4 Å². The van der Waals surface area contributed by atoms with Crippen LogP contribution >= 0.6 is 0 Å². The summed E-state index contributed by atoms with van der Waals surface area (Å²) in [6, 6.07) is 10.1. The van der Waals surface area contributed by atoms with Crippen molar-refractivity contribution in [2.24, 2.45) is 4.99 Å². The maximum Gasteiger partial charge on any atom is 0.0900 e. The lowest BCUT2D eigenvalue weighted by Gasteiger charge is -2.10. The third kappa shape index (κ3) is 3.56. The standard InChI is InChI=1S/C22H19N3/c1-16-8-9-17(12-16)13-18-14-21(19-6-2-4-10-23-19)25-22(15-18)20-7-3-5-11-24-20/h2,4,6-15H,3,5H2,1H3/b17-13-. The fourth-order valence-corrected chi connectivity index (χ4v) is 2.96. The largest absolute Gasteiger partial charge is 0.259 e. The maximum absolute atomic E-state index is 4.81. The van der Waals surface area contributed by atoms with Gasteiger partial charge in [0.05, 0.1) is 22.8 Å². The van der Waals surface area contributed by atoms with Gasteiger partial charge in [-0.15, -0.1) is 0 Å². The summed E-state index contributed by atoms with van der Waals surface area (Å²) in [5.41, 5.74) is 7.16. The van der Waals surface area contributed by atoms with Gasteiger partial charge >= 0.3 is 0 Å². The van der Waals surface area contributed by atoms with Gasteiger partial charge in [0.25, 0.3) is 0 Å². The average molecular weight is 325 g/mol. The van der Waals surface area contributed by atoms with Gasteiger partial charge < -0.3 is 0 Å². The normalized spacial score (nSPS) is 17.7. The van der Waals surface area contributed by atoms with Crippen molar-refractivity contribution in [2.75, 3.05) is 0 Å². The zero-order valence-electron chi connectivity index (χ0n) is 14.2. The van der Waals surface area contributed by atoms with Crippen LogP contribution < -0.4 is 0 Å². The molecule has 0 unspecified atom stereocenters. The molecule has 3 heterocycles. The molecule has 0 amide bonds. The zero-order chi connectivity index (χ0) is 17.1. The number of hydrogen-bond acceptors (Lipinski definition) is 3. The van der Waals surface area contributed by atoms with Gasteiger partial charge in [0.1, 0.15) is 0 Å². The van der Waals surface area contributed by atoms with Crippen molar-refractivity contribution in [3.63, 3.8) is 0 Å². The predicted molar refractivity (Wildman–Crippen MR) is 104 cm³/mol. The molecule has 0 spiro atoms. The highest BCUT2D eigenvalue weighted by Gasteiger charge is 2.10. The molecule has 0 aromatic carbocycles. The van der Waals surface area contributed by atoms with Crippen LogP contribution in [-0.2, 0) is 0 Å². The topological polar surface area (TPSA) is 38.1 Å². The lowest BCUT2D eigenvalue weighted by atomic mass is 10.1. The van der Waals surface area contributed by atoms with E-state index < -0.39 is 0 Å². The summed E-state index contributed by atoms with van der Waals surface area (Å²) in [5, 5.41) is 0. The molecule has 2 aromatic rings. The van der Waals surface area contributed by atoms with Crippen molar-refractivity contribution in [1.29, 1.82) is 0 Å². The Balaban J connectivity index is 1.82. The number of nitrogens with zero attached hydrogens (tertiary/aromatic N) is 3.